The van der Waals surface area contributed by atoms with Crippen molar-refractivity contribution < 1.29 is 4.74 Å². The molecule has 0 saturated carbocycles. The maximum atomic E-state index is 12.0. The van der Waals surface area contributed by atoms with Crippen molar-refractivity contribution in [2.24, 2.45) is 0 Å². The van der Waals surface area contributed by atoms with Crippen LogP contribution >= 0.6 is 0 Å². The fraction of sp³-hybridized carbons (Fsp3) is 0.300. The lowest BCUT2D eigenvalue weighted by molar-refractivity contribution is 0.327. The Bertz CT molecular complexity index is 961. The summed E-state index contributed by atoms with van der Waals surface area (Å²) in [6, 6.07) is 15.5. The molecule has 1 aliphatic heterocycles. The molecule has 0 spiro atoms. The summed E-state index contributed by atoms with van der Waals surface area (Å²) in [5.74, 6) is 1.60. The van der Waals surface area contributed by atoms with Crippen LogP contribution in [0.15, 0.2) is 53.3 Å². The highest BCUT2D eigenvalue weighted by Crippen LogP contribution is 2.26. The highest BCUT2D eigenvalue weighted by atomic mass is 16.5. The molecule has 26 heavy (non-hydrogen) atoms. The average molecular weight is 350 g/mol. The number of piperazine rings is 1. The zero-order chi connectivity index (χ0) is 17.9. The number of ether oxygens (including phenoxy) is 1. The predicted octanol–water partition coefficient (Wildman–Crippen LogP) is 2.65. The number of aromatic amines is 1. The Morgan fingerprint density at radius 3 is 2.62 bits per heavy atom. The van der Waals surface area contributed by atoms with Gasteiger partial charge in [0.15, 0.2) is 0 Å². The number of nitrogens with zero attached hydrogens (tertiary/aromatic N) is 3. The number of aromatic nitrogens is 2. The Kier molecular flexibility index (Phi) is 4.48. The summed E-state index contributed by atoms with van der Waals surface area (Å²) in [6.07, 6.45) is 0. The highest BCUT2D eigenvalue weighted by molar-refractivity contribution is 5.91. The first-order chi connectivity index (χ1) is 12.7. The summed E-state index contributed by atoms with van der Waals surface area (Å²) in [6.45, 7) is 5.95. The quantitative estimate of drug-likeness (QED) is 0.784. The lowest BCUT2D eigenvalue weighted by atomic mass is 10.1. The summed E-state index contributed by atoms with van der Waals surface area (Å²) in [7, 11) is 0. The van der Waals surface area contributed by atoms with Crippen LogP contribution in [0.4, 0.5) is 11.5 Å². The summed E-state index contributed by atoms with van der Waals surface area (Å²) < 4.78 is 5.50. The lowest BCUT2D eigenvalue weighted by Crippen LogP contribution is -2.47. The maximum Gasteiger partial charge on any atom is 0.250 e. The number of rotatable bonds is 4. The topological polar surface area (TPSA) is 61.5 Å². The Balaban J connectivity index is 1.54. The lowest BCUT2D eigenvalue weighted by Gasteiger charge is -2.37. The number of benzene rings is 1. The van der Waals surface area contributed by atoms with E-state index in [0.29, 0.717) is 12.5 Å². The molecule has 0 aliphatic carbocycles. The third kappa shape index (κ3) is 3.22. The number of H-pyrrole nitrogens is 1. The normalized spacial score (nSPS) is 14.7. The molecular weight excluding hydrogens is 328 g/mol. The highest BCUT2D eigenvalue weighted by Gasteiger charge is 2.20. The van der Waals surface area contributed by atoms with Gasteiger partial charge < -0.3 is 19.5 Å². The number of anilines is 2. The largest absolute Gasteiger partial charge is 0.478 e. The molecule has 1 saturated heterocycles. The number of hydrogen-bond donors (Lipinski definition) is 1. The second-order valence-corrected chi connectivity index (χ2v) is 6.31. The van der Waals surface area contributed by atoms with Gasteiger partial charge in [0, 0.05) is 43.7 Å². The minimum atomic E-state index is -0.0628. The molecule has 0 atom stereocenters. The summed E-state index contributed by atoms with van der Waals surface area (Å²) in [4.78, 5) is 24.0. The van der Waals surface area contributed by atoms with E-state index in [2.05, 4.69) is 25.8 Å². The molecule has 0 radical (unpaired) electrons. The van der Waals surface area contributed by atoms with Gasteiger partial charge in [-0.25, -0.2) is 0 Å². The predicted molar refractivity (Wildman–Crippen MR) is 104 cm³/mol. The van der Waals surface area contributed by atoms with Crippen molar-refractivity contribution in [2.45, 2.75) is 6.92 Å². The molecule has 3 heterocycles. The molecule has 0 unspecified atom stereocenters. The Morgan fingerprint density at radius 1 is 1.04 bits per heavy atom. The minimum Gasteiger partial charge on any atom is -0.478 e. The van der Waals surface area contributed by atoms with Crippen LogP contribution in [0.25, 0.3) is 10.9 Å². The van der Waals surface area contributed by atoms with Crippen LogP contribution in [-0.4, -0.2) is 42.8 Å². The van der Waals surface area contributed by atoms with Crippen LogP contribution in [0.5, 0.6) is 5.88 Å². The third-order valence-corrected chi connectivity index (χ3v) is 4.67. The van der Waals surface area contributed by atoms with Crippen molar-refractivity contribution in [3.8, 4) is 5.88 Å². The SMILES string of the molecule is CCOc1cccc(N2CCN(c3cc(=O)[nH]c4ccccc34)CC2)n1. The van der Waals surface area contributed by atoms with E-state index in [1.54, 1.807) is 6.07 Å². The van der Waals surface area contributed by atoms with Gasteiger partial charge in [-0.15, -0.1) is 0 Å². The Labute approximate surface area is 152 Å². The summed E-state index contributed by atoms with van der Waals surface area (Å²) in [5, 5.41) is 1.08. The summed E-state index contributed by atoms with van der Waals surface area (Å²) in [5.41, 5.74) is 1.82. The fourth-order valence-electron chi connectivity index (χ4n) is 3.43. The third-order valence-electron chi connectivity index (χ3n) is 4.67. The molecule has 0 amide bonds. The first kappa shape index (κ1) is 16.4. The first-order valence-corrected chi connectivity index (χ1v) is 8.96. The Morgan fingerprint density at radius 2 is 1.81 bits per heavy atom. The molecule has 1 aliphatic rings. The van der Waals surface area contributed by atoms with E-state index in [0.717, 1.165) is 48.6 Å². The van der Waals surface area contributed by atoms with E-state index in [1.165, 1.54) is 0 Å². The van der Waals surface area contributed by atoms with Crippen molar-refractivity contribution in [3.05, 3.63) is 58.9 Å². The fourth-order valence-corrected chi connectivity index (χ4v) is 3.43. The van der Waals surface area contributed by atoms with Crippen LogP contribution in [-0.2, 0) is 0 Å². The smallest absolute Gasteiger partial charge is 0.250 e. The second-order valence-electron chi connectivity index (χ2n) is 6.31. The molecule has 1 N–H and O–H groups in total. The van der Waals surface area contributed by atoms with Gasteiger partial charge >= 0.3 is 0 Å². The van der Waals surface area contributed by atoms with Gasteiger partial charge in [-0.3, -0.25) is 4.79 Å². The molecule has 1 fully saturated rings. The van der Waals surface area contributed by atoms with E-state index >= 15 is 0 Å². The number of nitrogens with one attached hydrogen (secondary N) is 1. The van der Waals surface area contributed by atoms with Gasteiger partial charge in [-0.2, -0.15) is 4.98 Å². The van der Waals surface area contributed by atoms with E-state index in [1.807, 2.05) is 43.3 Å². The van der Waals surface area contributed by atoms with Crippen molar-refractivity contribution in [1.82, 2.24) is 9.97 Å². The van der Waals surface area contributed by atoms with Crippen LogP contribution in [0.1, 0.15) is 6.92 Å². The number of fused-ring (bicyclic) bond motifs is 1. The van der Waals surface area contributed by atoms with Crippen LogP contribution in [0.2, 0.25) is 0 Å². The number of para-hydroxylation sites is 1. The van der Waals surface area contributed by atoms with Crippen molar-refractivity contribution in [3.63, 3.8) is 0 Å². The summed E-state index contributed by atoms with van der Waals surface area (Å²) >= 11 is 0. The second kappa shape index (κ2) is 7.07. The van der Waals surface area contributed by atoms with Gasteiger partial charge in [0.1, 0.15) is 5.82 Å². The van der Waals surface area contributed by atoms with Crippen molar-refractivity contribution in [2.75, 3.05) is 42.6 Å². The molecule has 1 aromatic carbocycles. The molecule has 134 valence electrons. The van der Waals surface area contributed by atoms with E-state index in [4.69, 9.17) is 4.74 Å². The number of pyridine rings is 2. The molecule has 4 rings (SSSR count). The molecule has 2 aromatic heterocycles. The van der Waals surface area contributed by atoms with E-state index in [9.17, 15) is 4.79 Å². The average Bonchev–Trinajstić information content (AvgIpc) is 2.68. The molecule has 0 bridgehead atoms. The van der Waals surface area contributed by atoms with Crippen LogP contribution < -0.4 is 20.1 Å². The van der Waals surface area contributed by atoms with Crippen molar-refractivity contribution >= 4 is 22.4 Å². The van der Waals surface area contributed by atoms with Gasteiger partial charge in [0.05, 0.1) is 17.8 Å². The van der Waals surface area contributed by atoms with Gasteiger partial charge in [-0.1, -0.05) is 24.3 Å². The monoisotopic (exact) mass is 350 g/mol. The number of hydrogen-bond acceptors (Lipinski definition) is 5. The van der Waals surface area contributed by atoms with E-state index in [-0.39, 0.29) is 5.56 Å². The van der Waals surface area contributed by atoms with Crippen molar-refractivity contribution in [1.29, 1.82) is 0 Å². The minimum absolute atomic E-state index is 0.0628. The van der Waals surface area contributed by atoms with Gasteiger partial charge in [-0.05, 0) is 19.1 Å². The van der Waals surface area contributed by atoms with Crippen LogP contribution in [0, 0.1) is 0 Å². The first-order valence-electron chi connectivity index (χ1n) is 8.96. The molecule has 3 aromatic rings. The zero-order valence-corrected chi connectivity index (χ0v) is 14.8. The molecule has 6 nitrogen and oxygen atoms in total. The molecule has 6 heteroatoms. The zero-order valence-electron chi connectivity index (χ0n) is 14.8. The Hall–Kier alpha value is -3.02. The maximum absolute atomic E-state index is 12.0. The molecular formula is C20H22N4O2. The van der Waals surface area contributed by atoms with Crippen LogP contribution in [0.3, 0.4) is 0 Å². The van der Waals surface area contributed by atoms with Gasteiger partial charge in [0.2, 0.25) is 11.4 Å². The van der Waals surface area contributed by atoms with Gasteiger partial charge in [0.25, 0.3) is 0 Å². The van der Waals surface area contributed by atoms with E-state index < -0.39 is 0 Å². The standard InChI is InChI=1S/C20H22N4O2/c1-2-26-20-9-5-8-18(22-20)24-12-10-23(11-13-24)17-14-19(25)21-16-7-4-3-6-15(16)17/h3-9,14H,2,10-13H2,1H3,(H,21,25).